The van der Waals surface area contributed by atoms with Gasteiger partial charge in [-0.25, -0.2) is 4.98 Å². The van der Waals surface area contributed by atoms with Gasteiger partial charge in [-0.15, -0.1) is 0 Å². The zero-order valence-electron chi connectivity index (χ0n) is 11.8. The number of nitrogens with zero attached hydrogens (tertiary/aromatic N) is 4. The largest absolute Gasteiger partial charge is 0.321 e. The van der Waals surface area contributed by atoms with Gasteiger partial charge in [-0.3, -0.25) is 4.99 Å². The molecule has 4 heterocycles. The highest BCUT2D eigenvalue weighted by molar-refractivity contribution is 5.80. The number of hydrogen-bond acceptors (Lipinski definition) is 3. The third-order valence-electron chi connectivity index (χ3n) is 4.09. The van der Waals surface area contributed by atoms with E-state index in [1.54, 1.807) is 0 Å². The highest BCUT2D eigenvalue weighted by Gasteiger charge is 2.22. The Bertz CT molecular complexity index is 794. The fourth-order valence-electron chi connectivity index (χ4n) is 2.93. The van der Waals surface area contributed by atoms with E-state index in [2.05, 4.69) is 56.7 Å². The van der Waals surface area contributed by atoms with Crippen LogP contribution in [0.2, 0.25) is 0 Å². The molecule has 0 aliphatic carbocycles. The van der Waals surface area contributed by atoms with Crippen molar-refractivity contribution in [3.05, 3.63) is 72.7 Å². The van der Waals surface area contributed by atoms with E-state index in [-0.39, 0.29) is 5.92 Å². The zero-order valence-corrected chi connectivity index (χ0v) is 11.8. The molecule has 2 aliphatic heterocycles. The lowest BCUT2D eigenvalue weighted by Crippen LogP contribution is -2.13. The van der Waals surface area contributed by atoms with Crippen LogP contribution in [0.3, 0.4) is 0 Å². The quantitative estimate of drug-likeness (QED) is 0.800. The van der Waals surface area contributed by atoms with Gasteiger partial charge in [0.05, 0.1) is 11.9 Å². The van der Waals surface area contributed by atoms with Crippen molar-refractivity contribution in [1.82, 2.24) is 14.3 Å². The van der Waals surface area contributed by atoms with Crippen molar-refractivity contribution in [2.45, 2.75) is 12.8 Å². The van der Waals surface area contributed by atoms with Gasteiger partial charge in [0.25, 0.3) is 0 Å². The van der Waals surface area contributed by atoms with E-state index >= 15 is 0 Å². The predicted octanol–water partition coefficient (Wildman–Crippen LogP) is 3.32. The molecule has 0 bridgehead atoms. The normalized spacial score (nSPS) is 24.0. The van der Waals surface area contributed by atoms with Gasteiger partial charge in [0.2, 0.25) is 0 Å². The molecule has 4 nitrogen and oxygen atoms in total. The summed E-state index contributed by atoms with van der Waals surface area (Å²) in [5.41, 5.74) is 3.35. The SMILES string of the molecule is CC1C=CN2C=CN=CC2=CC1c1cccc2nccn12. The molecule has 0 saturated carbocycles. The highest BCUT2D eigenvalue weighted by Crippen LogP contribution is 2.32. The maximum Gasteiger partial charge on any atom is 0.136 e. The molecule has 2 aromatic rings. The Morgan fingerprint density at radius 3 is 3.10 bits per heavy atom. The molecule has 21 heavy (non-hydrogen) atoms. The number of pyridine rings is 1. The molecule has 0 N–H and O–H groups in total. The standard InChI is InChI=1S/C17H16N4/c1-13-5-8-20-9-6-18-12-14(20)11-15(13)16-3-2-4-17-19-7-10-21(16)17/h2-13,15H,1H3. The van der Waals surface area contributed by atoms with Gasteiger partial charge in [0.15, 0.2) is 0 Å². The minimum absolute atomic E-state index is 0.289. The molecule has 2 unspecified atom stereocenters. The van der Waals surface area contributed by atoms with Gasteiger partial charge in [-0.2, -0.15) is 0 Å². The van der Waals surface area contributed by atoms with Gasteiger partial charge in [0, 0.05) is 42.6 Å². The second-order valence-electron chi connectivity index (χ2n) is 5.41. The van der Waals surface area contributed by atoms with Crippen molar-refractivity contribution in [2.75, 3.05) is 0 Å². The molecule has 2 atom stereocenters. The molecule has 0 saturated heterocycles. The lowest BCUT2D eigenvalue weighted by Gasteiger charge is -2.20. The van der Waals surface area contributed by atoms with Crippen LogP contribution in [0.5, 0.6) is 0 Å². The summed E-state index contributed by atoms with van der Waals surface area (Å²) in [6, 6.07) is 6.28. The van der Waals surface area contributed by atoms with E-state index in [1.807, 2.05) is 37.1 Å². The molecular weight excluding hydrogens is 260 g/mol. The first kappa shape index (κ1) is 12.1. The summed E-state index contributed by atoms with van der Waals surface area (Å²) in [4.78, 5) is 10.7. The van der Waals surface area contributed by atoms with E-state index in [0.29, 0.717) is 5.92 Å². The van der Waals surface area contributed by atoms with Gasteiger partial charge in [-0.05, 0) is 24.1 Å². The second-order valence-corrected chi connectivity index (χ2v) is 5.41. The molecule has 4 heteroatoms. The monoisotopic (exact) mass is 276 g/mol. The highest BCUT2D eigenvalue weighted by atomic mass is 15.1. The minimum Gasteiger partial charge on any atom is -0.321 e. The molecule has 0 amide bonds. The topological polar surface area (TPSA) is 32.9 Å². The molecular formula is C17H16N4. The van der Waals surface area contributed by atoms with Crippen LogP contribution in [0.15, 0.2) is 72.0 Å². The number of imidazole rings is 1. The third kappa shape index (κ3) is 2.00. The summed E-state index contributed by atoms with van der Waals surface area (Å²) < 4.78 is 2.16. The van der Waals surface area contributed by atoms with E-state index < -0.39 is 0 Å². The Balaban J connectivity index is 1.87. The van der Waals surface area contributed by atoms with Crippen molar-refractivity contribution in [3.8, 4) is 0 Å². The average molecular weight is 276 g/mol. The molecule has 0 aromatic carbocycles. The van der Waals surface area contributed by atoms with Crippen molar-refractivity contribution in [2.24, 2.45) is 10.9 Å². The van der Waals surface area contributed by atoms with Crippen molar-refractivity contribution in [3.63, 3.8) is 0 Å². The Morgan fingerprint density at radius 2 is 2.14 bits per heavy atom. The van der Waals surface area contributed by atoms with Crippen LogP contribution in [-0.4, -0.2) is 20.5 Å². The van der Waals surface area contributed by atoms with Crippen molar-refractivity contribution in [1.29, 1.82) is 0 Å². The molecule has 0 radical (unpaired) electrons. The summed E-state index contributed by atoms with van der Waals surface area (Å²) in [7, 11) is 0. The van der Waals surface area contributed by atoms with Gasteiger partial charge in [0.1, 0.15) is 5.65 Å². The molecule has 4 rings (SSSR count). The first-order valence-electron chi connectivity index (χ1n) is 7.13. The maximum absolute atomic E-state index is 4.38. The molecule has 0 fully saturated rings. The first-order chi connectivity index (χ1) is 10.3. The van der Waals surface area contributed by atoms with Crippen molar-refractivity contribution < 1.29 is 0 Å². The van der Waals surface area contributed by atoms with Crippen LogP contribution in [0.4, 0.5) is 0 Å². The maximum atomic E-state index is 4.38. The summed E-state index contributed by atoms with van der Waals surface area (Å²) in [6.07, 6.45) is 16.2. The van der Waals surface area contributed by atoms with Gasteiger partial charge in [-0.1, -0.05) is 19.1 Å². The first-order valence-corrected chi connectivity index (χ1v) is 7.13. The minimum atomic E-state index is 0.289. The Hall–Kier alpha value is -2.62. The molecule has 2 aromatic heterocycles. The Morgan fingerprint density at radius 1 is 1.19 bits per heavy atom. The smallest absolute Gasteiger partial charge is 0.136 e. The second kappa shape index (κ2) is 4.74. The van der Waals surface area contributed by atoms with Crippen LogP contribution in [0.1, 0.15) is 18.5 Å². The van der Waals surface area contributed by atoms with Gasteiger partial charge >= 0.3 is 0 Å². The number of aliphatic imine (C=N–C) groups is 1. The lowest BCUT2D eigenvalue weighted by molar-refractivity contribution is 0.621. The number of fused-ring (bicyclic) bond motifs is 2. The third-order valence-corrected chi connectivity index (χ3v) is 4.09. The lowest BCUT2D eigenvalue weighted by atomic mass is 9.90. The number of aromatic nitrogens is 2. The number of rotatable bonds is 1. The van der Waals surface area contributed by atoms with Crippen LogP contribution in [-0.2, 0) is 0 Å². The van der Waals surface area contributed by atoms with Crippen LogP contribution < -0.4 is 0 Å². The van der Waals surface area contributed by atoms with E-state index in [0.717, 1.165) is 11.3 Å². The molecule has 0 spiro atoms. The van der Waals surface area contributed by atoms with Crippen LogP contribution in [0, 0.1) is 5.92 Å². The predicted molar refractivity (Wildman–Crippen MR) is 83.8 cm³/mol. The fourth-order valence-corrected chi connectivity index (χ4v) is 2.93. The summed E-state index contributed by atoms with van der Waals surface area (Å²) in [6.45, 7) is 2.24. The van der Waals surface area contributed by atoms with Crippen LogP contribution in [0.25, 0.3) is 5.65 Å². The van der Waals surface area contributed by atoms with Crippen LogP contribution >= 0.6 is 0 Å². The van der Waals surface area contributed by atoms with E-state index in [4.69, 9.17) is 0 Å². The van der Waals surface area contributed by atoms with Gasteiger partial charge < -0.3 is 9.30 Å². The Kier molecular flexibility index (Phi) is 2.74. The van der Waals surface area contributed by atoms with E-state index in [1.165, 1.54) is 5.69 Å². The fraction of sp³-hybridized carbons (Fsp3) is 0.176. The van der Waals surface area contributed by atoms with E-state index in [9.17, 15) is 0 Å². The number of hydrogen-bond donors (Lipinski definition) is 0. The zero-order chi connectivity index (χ0) is 14.2. The number of allylic oxidation sites excluding steroid dienone is 3. The van der Waals surface area contributed by atoms with Crippen molar-refractivity contribution >= 4 is 11.9 Å². The average Bonchev–Trinajstić information content (AvgIpc) is 2.93. The Labute approximate surface area is 123 Å². The summed E-state index contributed by atoms with van der Waals surface area (Å²) in [5.74, 6) is 0.690. The molecule has 104 valence electrons. The summed E-state index contributed by atoms with van der Waals surface area (Å²) >= 11 is 0. The summed E-state index contributed by atoms with van der Waals surface area (Å²) in [5, 5.41) is 0. The molecule has 2 aliphatic rings.